The van der Waals surface area contributed by atoms with Crippen LogP contribution in [0.4, 0.5) is 4.79 Å². The first-order chi connectivity index (χ1) is 16.3. The van der Waals surface area contributed by atoms with Crippen molar-refractivity contribution in [2.45, 2.75) is 72.1 Å². The second kappa shape index (κ2) is 14.1. The molecule has 0 aromatic carbocycles. The Morgan fingerprint density at radius 1 is 0.971 bits per heavy atom. The first-order valence-corrected chi connectivity index (χ1v) is 11.9. The molecular formula is C24H39N5O6. The lowest BCUT2D eigenvalue weighted by Crippen LogP contribution is -2.58. The van der Waals surface area contributed by atoms with Crippen LogP contribution in [0.3, 0.4) is 0 Å². The van der Waals surface area contributed by atoms with E-state index in [0.29, 0.717) is 13.0 Å². The van der Waals surface area contributed by atoms with Crippen LogP contribution in [0, 0.1) is 17.8 Å². The molecule has 1 aliphatic rings. The molecule has 11 nitrogen and oxygen atoms in total. The molecule has 0 fully saturated rings. The second-order valence-electron chi connectivity index (χ2n) is 9.53. The first kappa shape index (κ1) is 29.7. The molecule has 5 amide bonds. The van der Waals surface area contributed by atoms with Crippen molar-refractivity contribution in [1.29, 1.82) is 0 Å². The number of aliphatic carboxylic acids is 1. The minimum atomic E-state index is -1.18. The van der Waals surface area contributed by atoms with E-state index in [-0.39, 0.29) is 23.7 Å². The summed E-state index contributed by atoms with van der Waals surface area (Å²) in [5, 5.41) is 22.4. The van der Waals surface area contributed by atoms with Crippen LogP contribution in [-0.2, 0) is 19.2 Å². The van der Waals surface area contributed by atoms with Crippen LogP contribution in [0.5, 0.6) is 0 Å². The monoisotopic (exact) mass is 493 g/mol. The number of carbonyl (C=O) groups is 5. The number of hydrogen-bond acceptors (Lipinski definition) is 5. The summed E-state index contributed by atoms with van der Waals surface area (Å²) in [7, 11) is 0. The first-order valence-electron chi connectivity index (χ1n) is 11.9. The molecule has 196 valence electrons. The maximum absolute atomic E-state index is 13.1. The lowest BCUT2D eigenvalue weighted by molar-refractivity contribution is -0.140. The van der Waals surface area contributed by atoms with Gasteiger partial charge >= 0.3 is 12.0 Å². The summed E-state index contributed by atoms with van der Waals surface area (Å²) in [6.07, 6.45) is 6.66. The Morgan fingerprint density at radius 2 is 1.57 bits per heavy atom. The normalized spacial score (nSPS) is 22.7. The van der Waals surface area contributed by atoms with Crippen molar-refractivity contribution in [2.75, 3.05) is 6.54 Å². The number of rotatable bonds is 8. The van der Waals surface area contributed by atoms with E-state index in [0.717, 1.165) is 0 Å². The number of amides is 5. The molecule has 1 heterocycles. The fourth-order valence-electron chi connectivity index (χ4n) is 3.27. The van der Waals surface area contributed by atoms with Crippen molar-refractivity contribution in [1.82, 2.24) is 26.6 Å². The molecule has 0 spiro atoms. The summed E-state index contributed by atoms with van der Waals surface area (Å²) in [5.41, 5.74) is 0. The fraction of sp³-hybridized carbons (Fsp3) is 0.625. The summed E-state index contributed by atoms with van der Waals surface area (Å²) in [4.78, 5) is 61.7. The molecule has 0 aromatic heterocycles. The van der Waals surface area contributed by atoms with Gasteiger partial charge in [-0.05, 0) is 24.2 Å². The van der Waals surface area contributed by atoms with Gasteiger partial charge < -0.3 is 31.7 Å². The van der Waals surface area contributed by atoms with Gasteiger partial charge in [-0.25, -0.2) is 9.59 Å². The van der Waals surface area contributed by atoms with E-state index in [1.165, 1.54) is 6.08 Å². The number of urea groups is 1. The van der Waals surface area contributed by atoms with Crippen molar-refractivity contribution >= 4 is 29.7 Å². The number of nitrogens with one attached hydrogen (secondary N) is 5. The minimum Gasteiger partial charge on any atom is -0.480 e. The van der Waals surface area contributed by atoms with E-state index in [9.17, 15) is 29.1 Å². The standard InChI is InChI=1S/C24H39N5O6/c1-13(2)16-10-11-18(30)25-12-8-7-9-17(21(31)26-16)27-22(32)19(14(3)4)28-24(35)29-20(15(5)6)23(33)34/h7,9-11,13-17,19-20H,8,12H2,1-6H3,(H,25,30)(H,26,31)(H,27,32)(H,33,34)(H2,28,29,35)/b9-7-,11-10-/t16-,17-,19-,20+/m0/s1. The highest BCUT2D eigenvalue weighted by Crippen LogP contribution is 2.08. The molecule has 0 radical (unpaired) electrons. The predicted octanol–water partition coefficient (Wildman–Crippen LogP) is 0.677. The summed E-state index contributed by atoms with van der Waals surface area (Å²) in [5.74, 6) is -3.20. The SMILES string of the molecule is CC(C)[C@@H]1/C=C\C(=O)NCC/C=C\[C@H](NC(=O)[C@@H](NC(=O)N[C@@H](C(=O)O)C(C)C)C(C)C)C(=O)N1. The van der Waals surface area contributed by atoms with Crippen LogP contribution < -0.4 is 26.6 Å². The number of carbonyl (C=O) groups excluding carboxylic acids is 4. The molecular weight excluding hydrogens is 454 g/mol. The molecule has 4 atom stereocenters. The van der Waals surface area contributed by atoms with Gasteiger partial charge in [0.05, 0.1) is 0 Å². The van der Waals surface area contributed by atoms with Crippen molar-refractivity contribution in [3.05, 3.63) is 24.3 Å². The summed E-state index contributed by atoms with van der Waals surface area (Å²) in [6.45, 7) is 10.9. The van der Waals surface area contributed by atoms with Crippen LogP contribution in [0.2, 0.25) is 0 Å². The zero-order chi connectivity index (χ0) is 26.7. The van der Waals surface area contributed by atoms with E-state index in [2.05, 4.69) is 26.6 Å². The van der Waals surface area contributed by atoms with E-state index < -0.39 is 48.0 Å². The molecule has 1 aliphatic heterocycles. The molecule has 0 aromatic rings. The quantitative estimate of drug-likeness (QED) is 0.272. The van der Waals surface area contributed by atoms with Gasteiger partial charge in [-0.3, -0.25) is 14.4 Å². The largest absolute Gasteiger partial charge is 0.480 e. The van der Waals surface area contributed by atoms with Gasteiger partial charge in [-0.15, -0.1) is 0 Å². The highest BCUT2D eigenvalue weighted by atomic mass is 16.4. The predicted molar refractivity (Wildman–Crippen MR) is 131 cm³/mol. The highest BCUT2D eigenvalue weighted by Gasteiger charge is 2.30. The molecule has 0 bridgehead atoms. The van der Waals surface area contributed by atoms with E-state index >= 15 is 0 Å². The van der Waals surface area contributed by atoms with Crippen LogP contribution in [0.25, 0.3) is 0 Å². The maximum atomic E-state index is 13.1. The lowest BCUT2D eigenvalue weighted by Gasteiger charge is -2.27. The molecule has 0 unspecified atom stereocenters. The van der Waals surface area contributed by atoms with E-state index in [4.69, 9.17) is 0 Å². The molecule has 0 saturated heterocycles. The van der Waals surface area contributed by atoms with Crippen molar-refractivity contribution in [3.63, 3.8) is 0 Å². The van der Waals surface area contributed by atoms with Gasteiger partial charge in [0, 0.05) is 18.7 Å². The van der Waals surface area contributed by atoms with Crippen LogP contribution in [0.1, 0.15) is 48.0 Å². The van der Waals surface area contributed by atoms with Gasteiger partial charge in [0.1, 0.15) is 18.1 Å². The van der Waals surface area contributed by atoms with E-state index in [1.54, 1.807) is 45.9 Å². The van der Waals surface area contributed by atoms with Crippen molar-refractivity contribution in [3.8, 4) is 0 Å². The molecule has 0 aliphatic carbocycles. The number of hydrogen-bond donors (Lipinski definition) is 6. The van der Waals surface area contributed by atoms with Crippen molar-refractivity contribution < 1.29 is 29.1 Å². The van der Waals surface area contributed by atoms with Gasteiger partial charge in [0.25, 0.3) is 0 Å². The number of carboxylic acids is 1. The molecule has 11 heteroatoms. The third-order valence-corrected chi connectivity index (χ3v) is 5.46. The second-order valence-corrected chi connectivity index (χ2v) is 9.53. The fourth-order valence-corrected chi connectivity index (χ4v) is 3.27. The molecule has 0 saturated carbocycles. The average molecular weight is 494 g/mol. The Bertz CT molecular complexity index is 836. The zero-order valence-electron chi connectivity index (χ0n) is 21.3. The van der Waals surface area contributed by atoms with Crippen LogP contribution in [-0.4, -0.2) is 65.5 Å². The lowest BCUT2D eigenvalue weighted by atomic mass is 10.0. The Morgan fingerprint density at radius 3 is 2.11 bits per heavy atom. The van der Waals surface area contributed by atoms with Gasteiger partial charge in [0.15, 0.2) is 0 Å². The Labute approximate surface area is 206 Å². The maximum Gasteiger partial charge on any atom is 0.326 e. The molecule has 6 N–H and O–H groups in total. The minimum absolute atomic E-state index is 0.0109. The average Bonchev–Trinajstić information content (AvgIpc) is 2.75. The van der Waals surface area contributed by atoms with E-state index in [1.807, 2.05) is 13.8 Å². The van der Waals surface area contributed by atoms with Gasteiger partial charge in [-0.1, -0.05) is 59.8 Å². The molecule has 1 rings (SSSR count). The highest BCUT2D eigenvalue weighted by molar-refractivity contribution is 5.94. The number of carboxylic acid groups (broad SMARTS) is 1. The van der Waals surface area contributed by atoms with Crippen LogP contribution in [0.15, 0.2) is 24.3 Å². The zero-order valence-corrected chi connectivity index (χ0v) is 21.3. The summed E-state index contributed by atoms with van der Waals surface area (Å²) in [6, 6.07) is -4.37. The third kappa shape index (κ3) is 10.2. The molecule has 35 heavy (non-hydrogen) atoms. The Balaban J connectivity index is 3.01. The summed E-state index contributed by atoms with van der Waals surface area (Å²) >= 11 is 0. The van der Waals surface area contributed by atoms with Gasteiger partial charge in [0.2, 0.25) is 17.7 Å². The smallest absolute Gasteiger partial charge is 0.326 e. The Hall–Kier alpha value is -3.37. The van der Waals surface area contributed by atoms with Crippen LogP contribution >= 0.6 is 0 Å². The Kier molecular flexibility index (Phi) is 12.0. The third-order valence-electron chi connectivity index (χ3n) is 5.46. The van der Waals surface area contributed by atoms with Gasteiger partial charge in [-0.2, -0.15) is 0 Å². The topological polar surface area (TPSA) is 166 Å². The van der Waals surface area contributed by atoms with Crippen molar-refractivity contribution in [2.24, 2.45) is 17.8 Å². The summed E-state index contributed by atoms with van der Waals surface area (Å²) < 4.78 is 0.